The van der Waals surface area contributed by atoms with Gasteiger partial charge in [-0.15, -0.1) is 10.2 Å². The van der Waals surface area contributed by atoms with Crippen LogP contribution in [0.4, 0.5) is 0 Å². The van der Waals surface area contributed by atoms with Crippen molar-refractivity contribution < 1.29 is 0 Å². The number of hydrogen-bond donors (Lipinski definition) is 0. The molecule has 0 aliphatic carbocycles. The van der Waals surface area contributed by atoms with Crippen LogP contribution in [-0.4, -0.2) is 14.8 Å². The number of aryl methyl sites for hydroxylation is 1. The lowest BCUT2D eigenvalue weighted by Crippen LogP contribution is -2.24. The summed E-state index contributed by atoms with van der Waals surface area (Å²) in [6, 6.07) is 0. The maximum atomic E-state index is 4.25. The average Bonchev–Trinajstić information content (AvgIpc) is 2.53. The molecular formula is C10H17N3. The van der Waals surface area contributed by atoms with Gasteiger partial charge in [0.05, 0.1) is 0 Å². The zero-order chi connectivity index (χ0) is 9.64. The number of fused-ring (bicyclic) bond motifs is 1. The fourth-order valence-electron chi connectivity index (χ4n) is 2.06. The molecule has 0 radical (unpaired) electrons. The molecule has 0 unspecified atom stereocenters. The Bertz CT molecular complexity index is 323. The van der Waals surface area contributed by atoms with Crippen molar-refractivity contribution in [3.63, 3.8) is 0 Å². The largest absolute Gasteiger partial charge is 0.309 e. The van der Waals surface area contributed by atoms with Gasteiger partial charge in [-0.1, -0.05) is 13.8 Å². The first-order valence-corrected chi connectivity index (χ1v) is 4.97. The SMILES string of the molecule is CC(C)c1nnc2n1C(C)(C)CC2. The van der Waals surface area contributed by atoms with E-state index in [1.807, 2.05) is 0 Å². The Hall–Kier alpha value is -0.860. The molecule has 0 spiro atoms. The van der Waals surface area contributed by atoms with Gasteiger partial charge in [0.15, 0.2) is 0 Å². The molecule has 0 N–H and O–H groups in total. The second-order valence-electron chi connectivity index (χ2n) is 4.78. The number of nitrogens with zero attached hydrogens (tertiary/aromatic N) is 3. The minimum atomic E-state index is 0.221. The van der Waals surface area contributed by atoms with Gasteiger partial charge in [0, 0.05) is 17.9 Å². The van der Waals surface area contributed by atoms with Gasteiger partial charge in [-0.25, -0.2) is 0 Å². The third-order valence-corrected chi connectivity index (χ3v) is 2.84. The summed E-state index contributed by atoms with van der Waals surface area (Å²) < 4.78 is 2.32. The van der Waals surface area contributed by atoms with E-state index < -0.39 is 0 Å². The molecule has 1 aliphatic heterocycles. The summed E-state index contributed by atoms with van der Waals surface area (Å²) in [4.78, 5) is 0. The maximum Gasteiger partial charge on any atom is 0.136 e. The zero-order valence-corrected chi connectivity index (χ0v) is 8.83. The highest BCUT2D eigenvalue weighted by molar-refractivity contribution is 5.10. The van der Waals surface area contributed by atoms with Gasteiger partial charge in [0.2, 0.25) is 0 Å². The first kappa shape index (κ1) is 8.73. The summed E-state index contributed by atoms with van der Waals surface area (Å²) in [5.41, 5.74) is 0.221. The van der Waals surface area contributed by atoms with Crippen molar-refractivity contribution >= 4 is 0 Å². The van der Waals surface area contributed by atoms with Gasteiger partial charge in [-0.05, 0) is 20.3 Å². The summed E-state index contributed by atoms with van der Waals surface area (Å²) >= 11 is 0. The Morgan fingerprint density at radius 1 is 1.31 bits per heavy atom. The maximum absolute atomic E-state index is 4.25. The van der Waals surface area contributed by atoms with Crippen molar-refractivity contribution in [3.05, 3.63) is 11.6 Å². The molecule has 13 heavy (non-hydrogen) atoms. The first-order chi connectivity index (χ1) is 6.02. The molecule has 0 saturated carbocycles. The third kappa shape index (κ3) is 1.18. The summed E-state index contributed by atoms with van der Waals surface area (Å²) in [5.74, 6) is 2.77. The van der Waals surface area contributed by atoms with E-state index in [2.05, 4.69) is 42.5 Å². The van der Waals surface area contributed by atoms with Gasteiger partial charge < -0.3 is 4.57 Å². The lowest BCUT2D eigenvalue weighted by Gasteiger charge is -2.23. The molecule has 0 aromatic carbocycles. The standard InChI is InChI=1S/C10H17N3/c1-7(2)9-12-11-8-5-6-10(3,4)13(8)9/h7H,5-6H2,1-4H3. The van der Waals surface area contributed by atoms with E-state index in [9.17, 15) is 0 Å². The second-order valence-corrected chi connectivity index (χ2v) is 4.78. The van der Waals surface area contributed by atoms with E-state index in [0.29, 0.717) is 5.92 Å². The van der Waals surface area contributed by atoms with Crippen LogP contribution in [0.15, 0.2) is 0 Å². The molecule has 0 atom stereocenters. The smallest absolute Gasteiger partial charge is 0.136 e. The van der Waals surface area contributed by atoms with E-state index in [1.165, 1.54) is 6.42 Å². The van der Waals surface area contributed by atoms with Crippen LogP contribution in [-0.2, 0) is 12.0 Å². The van der Waals surface area contributed by atoms with E-state index in [-0.39, 0.29) is 5.54 Å². The van der Waals surface area contributed by atoms with Crippen LogP contribution in [0.1, 0.15) is 51.7 Å². The molecule has 0 saturated heterocycles. The van der Waals surface area contributed by atoms with Gasteiger partial charge in [-0.3, -0.25) is 0 Å². The van der Waals surface area contributed by atoms with Crippen molar-refractivity contribution in [2.75, 3.05) is 0 Å². The molecule has 2 rings (SSSR count). The Labute approximate surface area is 79.2 Å². The minimum Gasteiger partial charge on any atom is -0.309 e. The Kier molecular flexibility index (Phi) is 1.72. The van der Waals surface area contributed by atoms with Crippen LogP contribution >= 0.6 is 0 Å². The minimum absolute atomic E-state index is 0.221. The highest BCUT2D eigenvalue weighted by Crippen LogP contribution is 2.33. The molecule has 3 heteroatoms. The predicted octanol–water partition coefficient (Wildman–Crippen LogP) is 2.08. The molecule has 2 heterocycles. The third-order valence-electron chi connectivity index (χ3n) is 2.84. The highest BCUT2D eigenvalue weighted by Gasteiger charge is 2.33. The van der Waals surface area contributed by atoms with Crippen molar-refractivity contribution in [1.29, 1.82) is 0 Å². The van der Waals surface area contributed by atoms with Crippen LogP contribution in [0.3, 0.4) is 0 Å². The van der Waals surface area contributed by atoms with Crippen molar-refractivity contribution in [1.82, 2.24) is 14.8 Å². The number of rotatable bonds is 1. The fraction of sp³-hybridized carbons (Fsp3) is 0.800. The van der Waals surface area contributed by atoms with Gasteiger partial charge >= 0.3 is 0 Å². The second kappa shape index (κ2) is 2.56. The quantitative estimate of drug-likeness (QED) is 0.661. The fourth-order valence-corrected chi connectivity index (χ4v) is 2.06. The number of hydrogen-bond acceptors (Lipinski definition) is 2. The molecule has 0 amide bonds. The monoisotopic (exact) mass is 179 g/mol. The molecule has 3 nitrogen and oxygen atoms in total. The molecular weight excluding hydrogens is 162 g/mol. The Morgan fingerprint density at radius 2 is 2.00 bits per heavy atom. The van der Waals surface area contributed by atoms with Crippen molar-refractivity contribution in [3.8, 4) is 0 Å². The average molecular weight is 179 g/mol. The predicted molar refractivity (Wildman–Crippen MR) is 51.8 cm³/mol. The van der Waals surface area contributed by atoms with E-state index >= 15 is 0 Å². The van der Waals surface area contributed by atoms with Crippen LogP contribution in [0.5, 0.6) is 0 Å². The summed E-state index contributed by atoms with van der Waals surface area (Å²) in [6.45, 7) is 8.87. The van der Waals surface area contributed by atoms with Crippen LogP contribution in [0.25, 0.3) is 0 Å². The van der Waals surface area contributed by atoms with Crippen molar-refractivity contribution in [2.24, 2.45) is 0 Å². The summed E-state index contributed by atoms with van der Waals surface area (Å²) in [6.07, 6.45) is 2.27. The first-order valence-electron chi connectivity index (χ1n) is 4.97. The lowest BCUT2D eigenvalue weighted by molar-refractivity contribution is 0.358. The normalized spacial score (nSPS) is 19.5. The van der Waals surface area contributed by atoms with E-state index in [0.717, 1.165) is 18.1 Å². The Balaban J connectivity index is 2.53. The highest BCUT2D eigenvalue weighted by atomic mass is 15.3. The van der Waals surface area contributed by atoms with Gasteiger partial charge in [-0.2, -0.15) is 0 Å². The van der Waals surface area contributed by atoms with Gasteiger partial charge in [0.25, 0.3) is 0 Å². The Morgan fingerprint density at radius 3 is 2.62 bits per heavy atom. The topological polar surface area (TPSA) is 30.7 Å². The molecule has 1 aromatic heterocycles. The lowest BCUT2D eigenvalue weighted by atomic mass is 10.0. The molecule has 1 aliphatic rings. The molecule has 72 valence electrons. The number of aromatic nitrogens is 3. The zero-order valence-electron chi connectivity index (χ0n) is 8.83. The van der Waals surface area contributed by atoms with Crippen LogP contribution in [0, 0.1) is 0 Å². The van der Waals surface area contributed by atoms with Crippen molar-refractivity contribution in [2.45, 2.75) is 52.0 Å². The summed E-state index contributed by atoms with van der Waals surface area (Å²) in [7, 11) is 0. The molecule has 1 aromatic rings. The van der Waals surface area contributed by atoms with Crippen LogP contribution in [0.2, 0.25) is 0 Å². The molecule has 0 bridgehead atoms. The van der Waals surface area contributed by atoms with Crippen LogP contribution < -0.4 is 0 Å². The van der Waals surface area contributed by atoms with Gasteiger partial charge in [0.1, 0.15) is 11.6 Å². The van der Waals surface area contributed by atoms with E-state index in [1.54, 1.807) is 0 Å². The molecule has 0 fully saturated rings. The van der Waals surface area contributed by atoms with E-state index in [4.69, 9.17) is 0 Å². The summed E-state index contributed by atoms with van der Waals surface area (Å²) in [5, 5.41) is 8.47.